The van der Waals surface area contributed by atoms with E-state index in [9.17, 15) is 4.79 Å². The molecule has 0 bridgehead atoms. The molecule has 0 aliphatic carbocycles. The standard InChI is InChI=1S/C15H15NO2S/c1-3-18-15(17)12-5-7-13(8-6-12)16-10-14-9-4-11(2)19-14/h4-10H,3H2,1-2H3. The first kappa shape index (κ1) is 13.5. The van der Waals surface area contributed by atoms with Crippen molar-refractivity contribution in [3.05, 3.63) is 51.7 Å². The van der Waals surface area contributed by atoms with Gasteiger partial charge >= 0.3 is 5.97 Å². The van der Waals surface area contributed by atoms with Gasteiger partial charge in [-0.15, -0.1) is 11.3 Å². The highest BCUT2D eigenvalue weighted by molar-refractivity contribution is 7.13. The van der Waals surface area contributed by atoms with Crippen LogP contribution >= 0.6 is 11.3 Å². The SMILES string of the molecule is CCOC(=O)c1ccc(N=Cc2ccc(C)s2)cc1. The molecule has 0 saturated carbocycles. The number of thiophene rings is 1. The van der Waals surface area contributed by atoms with E-state index in [1.165, 1.54) is 4.88 Å². The average molecular weight is 273 g/mol. The highest BCUT2D eigenvalue weighted by Crippen LogP contribution is 2.16. The maximum absolute atomic E-state index is 11.5. The van der Waals surface area contributed by atoms with Gasteiger partial charge in [-0.1, -0.05) is 0 Å². The van der Waals surface area contributed by atoms with Crippen LogP contribution in [0, 0.1) is 6.92 Å². The van der Waals surface area contributed by atoms with E-state index in [1.54, 1.807) is 30.4 Å². The largest absolute Gasteiger partial charge is 0.462 e. The van der Waals surface area contributed by atoms with Crippen LogP contribution in [-0.2, 0) is 4.74 Å². The Bertz CT molecular complexity index is 584. The predicted octanol–water partition coefficient (Wildman–Crippen LogP) is 3.98. The minimum atomic E-state index is -0.299. The second-order valence-electron chi connectivity index (χ2n) is 3.97. The molecule has 3 nitrogen and oxygen atoms in total. The Balaban J connectivity index is 2.06. The van der Waals surface area contributed by atoms with Crippen molar-refractivity contribution in [1.82, 2.24) is 0 Å². The zero-order chi connectivity index (χ0) is 13.7. The summed E-state index contributed by atoms with van der Waals surface area (Å²) in [4.78, 5) is 18.2. The highest BCUT2D eigenvalue weighted by atomic mass is 32.1. The Morgan fingerprint density at radius 1 is 1.26 bits per heavy atom. The highest BCUT2D eigenvalue weighted by Gasteiger charge is 2.04. The number of rotatable bonds is 4. The fourth-order valence-corrected chi connectivity index (χ4v) is 2.31. The molecule has 0 saturated heterocycles. The molecule has 0 aliphatic heterocycles. The summed E-state index contributed by atoms with van der Waals surface area (Å²) in [6.07, 6.45) is 1.83. The summed E-state index contributed by atoms with van der Waals surface area (Å²) < 4.78 is 4.92. The Morgan fingerprint density at radius 2 is 2.00 bits per heavy atom. The van der Waals surface area contributed by atoms with Crippen LogP contribution in [0.3, 0.4) is 0 Å². The summed E-state index contributed by atoms with van der Waals surface area (Å²) in [6, 6.07) is 11.2. The Kier molecular flexibility index (Phi) is 4.47. The van der Waals surface area contributed by atoms with E-state index in [2.05, 4.69) is 18.0 Å². The average Bonchev–Trinajstić information content (AvgIpc) is 2.83. The number of carbonyl (C=O) groups is 1. The maximum atomic E-state index is 11.5. The van der Waals surface area contributed by atoms with Gasteiger partial charge in [0.1, 0.15) is 0 Å². The molecular weight excluding hydrogens is 258 g/mol. The number of aliphatic imine (C=N–C) groups is 1. The van der Waals surface area contributed by atoms with Gasteiger partial charge in [0.25, 0.3) is 0 Å². The van der Waals surface area contributed by atoms with Crippen molar-refractivity contribution in [3.63, 3.8) is 0 Å². The third kappa shape index (κ3) is 3.76. The van der Waals surface area contributed by atoms with E-state index in [0.29, 0.717) is 12.2 Å². The lowest BCUT2D eigenvalue weighted by molar-refractivity contribution is 0.0526. The maximum Gasteiger partial charge on any atom is 0.338 e. The molecule has 1 aromatic heterocycles. The zero-order valence-electron chi connectivity index (χ0n) is 10.9. The first-order chi connectivity index (χ1) is 9.19. The van der Waals surface area contributed by atoms with Crippen LogP contribution in [0.4, 0.5) is 5.69 Å². The van der Waals surface area contributed by atoms with E-state index < -0.39 is 0 Å². The van der Waals surface area contributed by atoms with Gasteiger partial charge in [0.2, 0.25) is 0 Å². The molecule has 0 amide bonds. The number of nitrogens with zero attached hydrogens (tertiary/aromatic N) is 1. The first-order valence-corrected chi connectivity index (χ1v) is 6.88. The third-order valence-electron chi connectivity index (χ3n) is 2.48. The molecule has 1 heterocycles. The minimum Gasteiger partial charge on any atom is -0.462 e. The first-order valence-electron chi connectivity index (χ1n) is 6.06. The van der Waals surface area contributed by atoms with E-state index in [4.69, 9.17) is 4.74 Å². The van der Waals surface area contributed by atoms with Crippen molar-refractivity contribution < 1.29 is 9.53 Å². The van der Waals surface area contributed by atoms with E-state index >= 15 is 0 Å². The second-order valence-corrected chi connectivity index (χ2v) is 5.29. The van der Waals surface area contributed by atoms with Gasteiger partial charge in [0, 0.05) is 16.0 Å². The van der Waals surface area contributed by atoms with Crippen LogP contribution in [0.15, 0.2) is 41.4 Å². The van der Waals surface area contributed by atoms with Gasteiger partial charge in [-0.05, 0) is 50.2 Å². The number of benzene rings is 1. The summed E-state index contributed by atoms with van der Waals surface area (Å²) in [6.45, 7) is 4.24. The molecule has 19 heavy (non-hydrogen) atoms. The smallest absolute Gasteiger partial charge is 0.338 e. The summed E-state index contributed by atoms with van der Waals surface area (Å²) in [5.74, 6) is -0.299. The van der Waals surface area contributed by atoms with E-state index in [1.807, 2.05) is 24.4 Å². The normalized spacial score (nSPS) is 10.8. The van der Waals surface area contributed by atoms with Crippen molar-refractivity contribution in [1.29, 1.82) is 0 Å². The number of ether oxygens (including phenoxy) is 1. The molecule has 0 radical (unpaired) electrons. The van der Waals surface area contributed by atoms with Crippen molar-refractivity contribution in [3.8, 4) is 0 Å². The lowest BCUT2D eigenvalue weighted by Gasteiger charge is -2.01. The molecule has 2 aromatic rings. The van der Waals surface area contributed by atoms with Gasteiger partial charge in [-0.25, -0.2) is 4.79 Å². The summed E-state index contributed by atoms with van der Waals surface area (Å²) in [5, 5.41) is 0. The van der Waals surface area contributed by atoms with Gasteiger partial charge < -0.3 is 4.74 Å². The van der Waals surface area contributed by atoms with Crippen LogP contribution in [0.2, 0.25) is 0 Å². The van der Waals surface area contributed by atoms with Crippen LogP contribution in [0.25, 0.3) is 0 Å². The monoisotopic (exact) mass is 273 g/mol. The lowest BCUT2D eigenvalue weighted by atomic mass is 10.2. The van der Waals surface area contributed by atoms with Gasteiger partial charge in [0.05, 0.1) is 17.9 Å². The molecule has 1 aromatic carbocycles. The number of hydrogen-bond acceptors (Lipinski definition) is 4. The number of carbonyl (C=O) groups excluding carboxylic acids is 1. The van der Waals surface area contributed by atoms with Crippen molar-refractivity contribution in [2.24, 2.45) is 4.99 Å². The molecule has 0 atom stereocenters. The number of aryl methyl sites for hydroxylation is 1. The topological polar surface area (TPSA) is 38.7 Å². The lowest BCUT2D eigenvalue weighted by Crippen LogP contribution is -2.03. The summed E-state index contributed by atoms with van der Waals surface area (Å²) in [7, 11) is 0. The Hall–Kier alpha value is -1.94. The van der Waals surface area contributed by atoms with Crippen LogP contribution < -0.4 is 0 Å². The molecule has 4 heteroatoms. The number of esters is 1. The van der Waals surface area contributed by atoms with Crippen LogP contribution in [-0.4, -0.2) is 18.8 Å². The minimum absolute atomic E-state index is 0.299. The van der Waals surface area contributed by atoms with Gasteiger partial charge in [0.15, 0.2) is 0 Å². The predicted molar refractivity (Wildman–Crippen MR) is 78.7 cm³/mol. The van der Waals surface area contributed by atoms with Crippen molar-refractivity contribution in [2.45, 2.75) is 13.8 Å². The zero-order valence-corrected chi connectivity index (χ0v) is 11.7. The molecule has 2 rings (SSSR count). The molecule has 0 unspecified atom stereocenters. The third-order valence-corrected chi connectivity index (χ3v) is 3.42. The Morgan fingerprint density at radius 3 is 2.58 bits per heavy atom. The quantitative estimate of drug-likeness (QED) is 0.624. The Labute approximate surface area is 116 Å². The van der Waals surface area contributed by atoms with E-state index in [-0.39, 0.29) is 5.97 Å². The van der Waals surface area contributed by atoms with Crippen molar-refractivity contribution >= 4 is 29.2 Å². The second kappa shape index (κ2) is 6.29. The molecule has 0 aliphatic rings. The molecule has 0 N–H and O–H groups in total. The fourth-order valence-electron chi connectivity index (χ4n) is 1.56. The van der Waals surface area contributed by atoms with Crippen LogP contribution in [0.5, 0.6) is 0 Å². The summed E-state index contributed by atoms with van der Waals surface area (Å²) >= 11 is 1.70. The van der Waals surface area contributed by atoms with Crippen molar-refractivity contribution in [2.75, 3.05) is 6.61 Å². The molecule has 0 spiro atoms. The van der Waals surface area contributed by atoms with Gasteiger partial charge in [-0.3, -0.25) is 4.99 Å². The van der Waals surface area contributed by atoms with Gasteiger partial charge in [-0.2, -0.15) is 0 Å². The molecular formula is C15H15NO2S. The van der Waals surface area contributed by atoms with E-state index in [0.717, 1.165) is 10.6 Å². The summed E-state index contributed by atoms with van der Waals surface area (Å²) in [5.41, 5.74) is 1.37. The molecule has 98 valence electrons. The van der Waals surface area contributed by atoms with Crippen LogP contribution in [0.1, 0.15) is 27.0 Å². The molecule has 0 fully saturated rings. The number of hydrogen-bond donors (Lipinski definition) is 0. The fraction of sp³-hybridized carbons (Fsp3) is 0.200.